The second-order valence-corrected chi connectivity index (χ2v) is 6.47. The first-order valence-electron chi connectivity index (χ1n) is 7.09. The van der Waals surface area contributed by atoms with Gasteiger partial charge in [0, 0.05) is 6.54 Å². The fraction of sp³-hybridized carbons (Fsp3) is 0.417. The van der Waals surface area contributed by atoms with Gasteiger partial charge in [-0.1, -0.05) is 0 Å². The Bertz CT molecular complexity index is 813. The summed E-state index contributed by atoms with van der Waals surface area (Å²) in [5.74, 6) is 5.54. The Morgan fingerprint density at radius 3 is 2.65 bits per heavy atom. The normalized spacial score (nSPS) is 22.2. The van der Waals surface area contributed by atoms with Gasteiger partial charge in [0.2, 0.25) is 5.91 Å². The van der Waals surface area contributed by atoms with E-state index in [1.54, 1.807) is 0 Å². The molecule has 26 heavy (non-hydrogen) atoms. The van der Waals surface area contributed by atoms with Gasteiger partial charge in [-0.15, -0.1) is 4.28 Å². The summed E-state index contributed by atoms with van der Waals surface area (Å²) in [6, 6.07) is -0.0342. The van der Waals surface area contributed by atoms with Gasteiger partial charge in [-0.3, -0.25) is 14.1 Å². The Morgan fingerprint density at radius 2 is 2.08 bits per heavy atom. The van der Waals surface area contributed by atoms with Crippen LogP contribution in [0.2, 0.25) is 0 Å². The van der Waals surface area contributed by atoms with E-state index >= 15 is 0 Å². The molecule has 1 aromatic rings. The van der Waals surface area contributed by atoms with Crippen LogP contribution in [0.1, 0.15) is 23.4 Å². The van der Waals surface area contributed by atoms with Crippen LogP contribution in [0.15, 0.2) is 22.8 Å². The van der Waals surface area contributed by atoms with Crippen LogP contribution in [0.5, 0.6) is 0 Å². The minimum absolute atomic E-state index is 0. The number of nitrogens with one attached hydrogen (secondary N) is 1. The van der Waals surface area contributed by atoms with E-state index in [1.807, 2.05) is 0 Å². The van der Waals surface area contributed by atoms with Gasteiger partial charge in [0.05, 0.1) is 12.3 Å². The zero-order valence-corrected chi connectivity index (χ0v) is 16.4. The third kappa shape index (κ3) is 3.93. The number of hydrogen-bond acceptors (Lipinski definition) is 7. The number of urea groups is 1. The molecule has 4 amide bonds. The molecule has 2 aliphatic heterocycles. The smallest absolute Gasteiger partial charge is 0.573 e. The summed E-state index contributed by atoms with van der Waals surface area (Å²) >= 11 is 0. The monoisotopic (exact) mass is 396 g/mol. The summed E-state index contributed by atoms with van der Waals surface area (Å²) in [7, 11) is -4.90. The van der Waals surface area contributed by atoms with Gasteiger partial charge in [-0.2, -0.15) is 13.5 Å². The number of hydroxylamine groups is 2. The summed E-state index contributed by atoms with van der Waals surface area (Å²) < 4.78 is 39.5. The molecule has 0 spiro atoms. The third-order valence-corrected chi connectivity index (χ3v) is 4.29. The number of nitrogens with zero attached hydrogens (tertiary/aromatic N) is 3. The topological polar surface area (TPSA) is 161 Å². The quantitative estimate of drug-likeness (QED) is 0.247. The van der Waals surface area contributed by atoms with E-state index in [1.165, 1.54) is 18.4 Å². The predicted octanol–water partition coefficient (Wildman–Crippen LogP) is -2.78. The van der Waals surface area contributed by atoms with Gasteiger partial charge >= 0.3 is 46.0 Å². The van der Waals surface area contributed by atoms with Gasteiger partial charge in [-0.05, 0) is 25.0 Å². The van der Waals surface area contributed by atoms with E-state index in [4.69, 9.17) is 14.8 Å². The zero-order valence-electron chi connectivity index (χ0n) is 13.6. The van der Waals surface area contributed by atoms with Crippen LogP contribution in [0.3, 0.4) is 0 Å². The number of carbonyl (C=O) groups excluding carboxylic acids is 3. The van der Waals surface area contributed by atoms with E-state index in [0.29, 0.717) is 5.06 Å². The molecule has 1 aromatic heterocycles. The molecular weight excluding hydrogens is 383 g/mol. The summed E-state index contributed by atoms with van der Waals surface area (Å²) in [5.41, 5.74) is 0. The van der Waals surface area contributed by atoms with E-state index in [-0.39, 0.29) is 59.7 Å². The van der Waals surface area contributed by atoms with Gasteiger partial charge in [-0.25, -0.2) is 4.79 Å². The van der Waals surface area contributed by atoms with Crippen molar-refractivity contribution in [3.8, 4) is 0 Å². The molecular formula is C12H13N4NaO8S. The molecule has 0 radical (unpaired) electrons. The van der Waals surface area contributed by atoms with Crippen molar-refractivity contribution < 1.29 is 65.6 Å². The Hall–Kier alpha value is -1.48. The number of furan rings is 1. The first kappa shape index (κ1) is 20.8. The van der Waals surface area contributed by atoms with E-state index < -0.39 is 40.3 Å². The summed E-state index contributed by atoms with van der Waals surface area (Å²) in [6.07, 6.45) is 1.50. The predicted molar refractivity (Wildman–Crippen MR) is 77.6 cm³/mol. The van der Waals surface area contributed by atoms with Crippen LogP contribution >= 0.6 is 0 Å². The van der Waals surface area contributed by atoms with Crippen LogP contribution < -0.4 is 29.6 Å². The number of carbonyl (C=O) groups is 3. The molecule has 12 nitrogen and oxygen atoms in total. The number of amides is 4. The minimum atomic E-state index is -4.90. The number of fused-ring (bicyclic) bond motifs is 2. The maximum absolute atomic E-state index is 12.4. The molecule has 0 saturated carbocycles. The largest absolute Gasteiger partial charge is 1.00 e. The number of imide groups is 1. The van der Waals surface area contributed by atoms with Crippen LogP contribution in [0.25, 0.3) is 5.84 Å². The average Bonchev–Trinajstić information content (AvgIpc) is 3.16. The number of piperidine rings is 1. The summed E-state index contributed by atoms with van der Waals surface area (Å²) in [5, 5.41) is 0.578. The Balaban J connectivity index is 0.00000243. The fourth-order valence-electron chi connectivity index (χ4n) is 2.85. The van der Waals surface area contributed by atoms with E-state index in [0.717, 1.165) is 4.90 Å². The first-order valence-corrected chi connectivity index (χ1v) is 8.45. The molecule has 0 unspecified atom stereocenters. The standard InChI is InChI=1S/C12H13N4O8S.Na/c13-15(11(18)9-2-1-5-23-9)10(17)8-4-3-7-6-14(8)12(19)16(7)24-25(20,21)22;/h1-2,5,7-8,13H,3-4,6H2,(H,20,21,22);/q-1;+1/t7-,8+;/m1./s1. The van der Waals surface area contributed by atoms with Crippen LogP contribution in [-0.4, -0.2) is 64.4 Å². The number of hydrogen-bond donors (Lipinski definition) is 1. The molecule has 0 aliphatic carbocycles. The van der Waals surface area contributed by atoms with Crippen LogP contribution in [-0.2, 0) is 19.5 Å². The number of rotatable bonds is 4. The molecule has 2 N–H and O–H groups in total. The van der Waals surface area contributed by atoms with Crippen molar-refractivity contribution in [2.75, 3.05) is 6.54 Å². The van der Waals surface area contributed by atoms with Gasteiger partial charge in [0.25, 0.3) is 5.91 Å². The van der Waals surface area contributed by atoms with Crippen molar-refractivity contribution in [1.29, 1.82) is 0 Å². The SMILES string of the molecule is [NH-]N(C(=O)c1ccco1)C(=O)[C@@H]1CC[C@@H]2CN1C(=O)N2OS(=O)(=O)O.[Na+]. The Labute approximate surface area is 170 Å². The van der Waals surface area contributed by atoms with Crippen molar-refractivity contribution in [3.05, 3.63) is 30.0 Å². The van der Waals surface area contributed by atoms with Crippen molar-refractivity contribution in [3.63, 3.8) is 0 Å². The molecule has 2 saturated heterocycles. The van der Waals surface area contributed by atoms with Gasteiger partial charge in [0.15, 0.2) is 5.76 Å². The average molecular weight is 396 g/mol. The first-order chi connectivity index (χ1) is 11.7. The van der Waals surface area contributed by atoms with Crippen molar-refractivity contribution in [2.45, 2.75) is 24.9 Å². The second-order valence-electron chi connectivity index (χ2n) is 5.47. The van der Waals surface area contributed by atoms with Crippen molar-refractivity contribution in [2.24, 2.45) is 0 Å². The fourth-order valence-corrected chi connectivity index (χ4v) is 3.24. The zero-order chi connectivity index (χ0) is 18.4. The van der Waals surface area contributed by atoms with E-state index in [2.05, 4.69) is 4.28 Å². The van der Waals surface area contributed by atoms with Crippen LogP contribution in [0, 0.1) is 0 Å². The molecule has 2 atom stereocenters. The third-order valence-electron chi connectivity index (χ3n) is 3.94. The van der Waals surface area contributed by atoms with E-state index in [9.17, 15) is 22.8 Å². The second kappa shape index (κ2) is 7.64. The Morgan fingerprint density at radius 1 is 1.38 bits per heavy atom. The Kier molecular flexibility index (Phi) is 6.12. The van der Waals surface area contributed by atoms with Gasteiger partial charge in [0.1, 0.15) is 6.04 Å². The van der Waals surface area contributed by atoms with Crippen molar-refractivity contribution in [1.82, 2.24) is 15.0 Å². The van der Waals surface area contributed by atoms with Crippen LogP contribution in [0.4, 0.5) is 4.79 Å². The molecule has 136 valence electrons. The van der Waals surface area contributed by atoms with Crippen molar-refractivity contribution >= 4 is 28.2 Å². The minimum Gasteiger partial charge on any atom is -0.573 e. The molecule has 2 aliphatic rings. The molecule has 2 bridgehead atoms. The molecule has 3 heterocycles. The molecule has 3 rings (SSSR count). The molecule has 0 aromatic carbocycles. The maximum Gasteiger partial charge on any atom is 1.00 e. The van der Waals surface area contributed by atoms with Gasteiger partial charge < -0.3 is 20.2 Å². The summed E-state index contributed by atoms with van der Waals surface area (Å²) in [6.45, 7) is -0.0342. The summed E-state index contributed by atoms with van der Waals surface area (Å²) in [4.78, 5) is 37.6. The maximum atomic E-state index is 12.4. The molecule has 2 fully saturated rings. The molecule has 14 heteroatoms.